The quantitative estimate of drug-likeness (QED) is 0.214. The molecule has 0 unspecified atom stereocenters. The van der Waals surface area contributed by atoms with Gasteiger partial charge in [-0.1, -0.05) is 109 Å². The van der Waals surface area contributed by atoms with Crippen molar-refractivity contribution in [3.63, 3.8) is 0 Å². The van der Waals surface area contributed by atoms with Crippen LogP contribution in [0.4, 0.5) is 5.69 Å². The lowest BCUT2D eigenvalue weighted by atomic mass is 9.92. The molecule has 0 radical (unpaired) electrons. The van der Waals surface area contributed by atoms with Crippen LogP contribution >= 0.6 is 11.3 Å². The van der Waals surface area contributed by atoms with Gasteiger partial charge in [0.15, 0.2) is 0 Å². The number of rotatable bonds is 4. The molecule has 0 amide bonds. The Kier molecular flexibility index (Phi) is 6.47. The summed E-state index contributed by atoms with van der Waals surface area (Å²) < 4.78 is 0. The van der Waals surface area contributed by atoms with Gasteiger partial charge in [0.1, 0.15) is 0 Å². The Labute approximate surface area is 240 Å². The summed E-state index contributed by atoms with van der Waals surface area (Å²) in [6.07, 6.45) is 1.91. The first-order chi connectivity index (χ1) is 19.7. The van der Waals surface area contributed by atoms with Gasteiger partial charge in [-0.3, -0.25) is 4.99 Å². The van der Waals surface area contributed by atoms with Crippen LogP contribution in [0.1, 0.15) is 23.1 Å². The van der Waals surface area contributed by atoms with Crippen LogP contribution in [-0.2, 0) is 6.42 Å². The highest BCUT2D eigenvalue weighted by Gasteiger charge is 2.20. The highest BCUT2D eigenvalue weighted by Crippen LogP contribution is 2.38. The van der Waals surface area contributed by atoms with E-state index in [1.807, 2.05) is 11.3 Å². The van der Waals surface area contributed by atoms with E-state index in [-0.39, 0.29) is 0 Å². The number of aliphatic imine (C=N–C) groups is 1. The molecule has 0 saturated heterocycles. The zero-order valence-corrected chi connectivity index (χ0v) is 23.3. The molecule has 6 aromatic rings. The Bertz CT molecular complexity index is 1840. The van der Waals surface area contributed by atoms with Gasteiger partial charge in [-0.2, -0.15) is 0 Å². The van der Waals surface area contributed by atoms with Crippen LogP contribution in [0, 0.1) is 6.92 Å². The second-order valence-corrected chi connectivity index (χ2v) is 11.5. The Morgan fingerprint density at radius 1 is 0.500 bits per heavy atom. The van der Waals surface area contributed by atoms with E-state index in [2.05, 4.69) is 140 Å². The van der Waals surface area contributed by atoms with Gasteiger partial charge in [0.2, 0.25) is 0 Å². The molecule has 0 aliphatic heterocycles. The van der Waals surface area contributed by atoms with E-state index in [9.17, 15) is 0 Å². The standard InChI is InChI=1S/C38H29NS/c1-26-9-5-8-14-35(26)39-36-22-20-28-10-6-7-13-32(28)33-21-19-31(25-34(33)36)27-15-17-30(18-16-27)38-24-23-37(40-38)29-11-3-2-4-12-29/h2-19,21,23-25H,20,22H2,1H3/b39-36+. The van der Waals surface area contributed by atoms with Crippen LogP contribution in [0.2, 0.25) is 0 Å². The third-order valence-electron chi connectivity index (χ3n) is 7.81. The average Bonchev–Trinajstić information content (AvgIpc) is 3.46. The molecule has 1 aliphatic rings. The third kappa shape index (κ3) is 4.72. The number of fused-ring (bicyclic) bond motifs is 3. The summed E-state index contributed by atoms with van der Waals surface area (Å²) in [6.45, 7) is 2.14. The van der Waals surface area contributed by atoms with Crippen molar-refractivity contribution in [2.75, 3.05) is 0 Å². The second kappa shape index (κ2) is 10.6. The van der Waals surface area contributed by atoms with Gasteiger partial charge in [-0.05, 0) is 88.5 Å². The fraction of sp³-hybridized carbons (Fsp3) is 0.0789. The normalized spacial score (nSPS) is 13.5. The Balaban J connectivity index is 1.27. The molecule has 5 aromatic carbocycles. The summed E-state index contributed by atoms with van der Waals surface area (Å²) in [6, 6.07) is 48.2. The van der Waals surface area contributed by atoms with Gasteiger partial charge >= 0.3 is 0 Å². The van der Waals surface area contributed by atoms with E-state index in [4.69, 9.17) is 4.99 Å². The van der Waals surface area contributed by atoms with Gasteiger partial charge in [0.25, 0.3) is 0 Å². The number of benzene rings is 5. The van der Waals surface area contributed by atoms with E-state index in [0.29, 0.717) is 0 Å². The smallest absolute Gasteiger partial charge is 0.0662 e. The first-order valence-corrected chi connectivity index (χ1v) is 14.7. The Morgan fingerprint density at radius 2 is 1.15 bits per heavy atom. The van der Waals surface area contributed by atoms with Crippen molar-refractivity contribution in [1.29, 1.82) is 0 Å². The first-order valence-electron chi connectivity index (χ1n) is 13.8. The molecule has 1 nitrogen and oxygen atoms in total. The average molecular weight is 532 g/mol. The van der Waals surface area contributed by atoms with Gasteiger partial charge in [-0.15, -0.1) is 11.3 Å². The molecular formula is C38H29NS. The maximum Gasteiger partial charge on any atom is 0.0662 e. The van der Waals surface area contributed by atoms with E-state index in [1.165, 1.54) is 59.8 Å². The first kappa shape index (κ1) is 24.5. The van der Waals surface area contributed by atoms with Crippen molar-refractivity contribution in [3.8, 4) is 43.1 Å². The van der Waals surface area contributed by atoms with Crippen molar-refractivity contribution < 1.29 is 0 Å². The lowest BCUT2D eigenvalue weighted by Gasteiger charge is -2.13. The molecule has 192 valence electrons. The van der Waals surface area contributed by atoms with E-state index < -0.39 is 0 Å². The minimum Gasteiger partial charge on any atom is -0.253 e. The SMILES string of the molecule is Cc1ccccc1/N=C1\CCc2ccccc2-c2ccc(-c3ccc(-c4ccc(-c5ccccc5)s4)cc3)cc21. The molecule has 1 heterocycles. The maximum absolute atomic E-state index is 5.24. The molecule has 0 fully saturated rings. The van der Waals surface area contributed by atoms with Crippen LogP contribution in [0.5, 0.6) is 0 Å². The lowest BCUT2D eigenvalue weighted by Crippen LogP contribution is -2.02. The number of thiophene rings is 1. The molecule has 1 aromatic heterocycles. The molecular weight excluding hydrogens is 502 g/mol. The van der Waals surface area contributed by atoms with Crippen LogP contribution in [-0.4, -0.2) is 5.71 Å². The van der Waals surface area contributed by atoms with Gasteiger partial charge in [0, 0.05) is 21.0 Å². The van der Waals surface area contributed by atoms with Crippen LogP contribution < -0.4 is 0 Å². The molecule has 7 rings (SSSR count). The minimum atomic E-state index is 0.920. The fourth-order valence-corrected chi connectivity index (χ4v) is 6.63. The zero-order valence-electron chi connectivity index (χ0n) is 22.5. The van der Waals surface area contributed by atoms with Crippen molar-refractivity contribution in [2.45, 2.75) is 19.8 Å². The highest BCUT2D eigenvalue weighted by atomic mass is 32.1. The van der Waals surface area contributed by atoms with E-state index >= 15 is 0 Å². The van der Waals surface area contributed by atoms with Crippen molar-refractivity contribution in [2.24, 2.45) is 4.99 Å². The fourth-order valence-electron chi connectivity index (χ4n) is 5.61. The molecule has 0 bridgehead atoms. The predicted molar refractivity (Wildman–Crippen MR) is 172 cm³/mol. The minimum absolute atomic E-state index is 0.920. The lowest BCUT2D eigenvalue weighted by molar-refractivity contribution is 1.05. The van der Waals surface area contributed by atoms with Crippen molar-refractivity contribution >= 4 is 22.7 Å². The number of hydrogen-bond acceptors (Lipinski definition) is 2. The zero-order chi connectivity index (χ0) is 26.9. The predicted octanol–water partition coefficient (Wildman–Crippen LogP) is 10.8. The van der Waals surface area contributed by atoms with Crippen LogP contribution in [0.15, 0.2) is 138 Å². The third-order valence-corrected chi connectivity index (χ3v) is 8.99. The van der Waals surface area contributed by atoms with E-state index in [0.717, 1.165) is 24.2 Å². The summed E-state index contributed by atoms with van der Waals surface area (Å²) in [5, 5.41) is 0. The number of para-hydroxylation sites is 1. The van der Waals surface area contributed by atoms with E-state index in [1.54, 1.807) is 0 Å². The summed E-state index contributed by atoms with van der Waals surface area (Å²) in [5.41, 5.74) is 13.6. The second-order valence-electron chi connectivity index (χ2n) is 10.4. The molecule has 1 aliphatic carbocycles. The monoisotopic (exact) mass is 531 g/mol. The summed E-state index contributed by atoms with van der Waals surface area (Å²) in [7, 11) is 0. The number of nitrogens with zero attached hydrogens (tertiary/aromatic N) is 1. The summed E-state index contributed by atoms with van der Waals surface area (Å²) >= 11 is 1.84. The Hall–Kier alpha value is -4.53. The molecule has 2 heteroatoms. The van der Waals surface area contributed by atoms with Gasteiger partial charge in [0.05, 0.1) is 5.69 Å². The molecule has 0 atom stereocenters. The van der Waals surface area contributed by atoms with Gasteiger partial charge in [-0.25, -0.2) is 0 Å². The molecule has 0 spiro atoms. The largest absolute Gasteiger partial charge is 0.253 e. The number of hydrogen-bond donors (Lipinski definition) is 0. The number of aryl methyl sites for hydroxylation is 2. The van der Waals surface area contributed by atoms with Crippen LogP contribution in [0.25, 0.3) is 43.1 Å². The van der Waals surface area contributed by atoms with Crippen molar-refractivity contribution in [3.05, 3.63) is 150 Å². The van der Waals surface area contributed by atoms with Crippen LogP contribution in [0.3, 0.4) is 0 Å². The Morgan fingerprint density at radius 3 is 1.95 bits per heavy atom. The molecule has 0 saturated carbocycles. The molecule has 40 heavy (non-hydrogen) atoms. The van der Waals surface area contributed by atoms with Gasteiger partial charge < -0.3 is 0 Å². The topological polar surface area (TPSA) is 12.4 Å². The highest BCUT2D eigenvalue weighted by molar-refractivity contribution is 7.18. The molecule has 0 N–H and O–H groups in total. The summed E-state index contributed by atoms with van der Waals surface area (Å²) in [4.78, 5) is 7.82. The maximum atomic E-state index is 5.24. The summed E-state index contributed by atoms with van der Waals surface area (Å²) in [5.74, 6) is 0. The van der Waals surface area contributed by atoms with Crippen molar-refractivity contribution in [1.82, 2.24) is 0 Å².